The number of carbonyl (C=O) groups is 1. The zero-order chi connectivity index (χ0) is 19.5. The van der Waals surface area contributed by atoms with Gasteiger partial charge in [-0.25, -0.2) is 4.98 Å². The Morgan fingerprint density at radius 1 is 1.14 bits per heavy atom. The molecule has 3 aromatic rings. The number of amides is 1. The van der Waals surface area contributed by atoms with Crippen molar-refractivity contribution in [1.82, 2.24) is 15.5 Å². The Morgan fingerprint density at radius 2 is 2.00 bits per heavy atom. The lowest BCUT2D eigenvalue weighted by Crippen LogP contribution is -2.24. The molecule has 0 bridgehead atoms. The van der Waals surface area contributed by atoms with Gasteiger partial charge in [-0.3, -0.25) is 4.79 Å². The number of hydrogen-bond donors (Lipinski definition) is 1. The number of nitrogens with zero attached hydrogens (tertiary/aromatic N) is 2. The molecule has 2 aromatic heterocycles. The number of unbranched alkanes of at least 4 members (excludes halogenated alkanes) is 3. The van der Waals surface area contributed by atoms with Crippen molar-refractivity contribution >= 4 is 17.0 Å². The van der Waals surface area contributed by atoms with Crippen molar-refractivity contribution in [1.29, 1.82) is 0 Å². The van der Waals surface area contributed by atoms with Crippen LogP contribution in [0, 0.1) is 6.92 Å². The van der Waals surface area contributed by atoms with Crippen LogP contribution >= 0.6 is 0 Å². The maximum Gasteiger partial charge on any atom is 0.259 e. The molecule has 0 saturated heterocycles. The number of nitrogens with one attached hydrogen (secondary N) is 1. The third kappa shape index (κ3) is 3.52. The molecule has 0 atom stereocenters. The van der Waals surface area contributed by atoms with Crippen molar-refractivity contribution in [2.24, 2.45) is 0 Å². The molecule has 1 aliphatic rings. The van der Waals surface area contributed by atoms with Gasteiger partial charge in [0, 0.05) is 12.1 Å². The Morgan fingerprint density at radius 3 is 2.86 bits per heavy atom. The molecule has 1 amide bonds. The third-order valence-corrected chi connectivity index (χ3v) is 4.85. The van der Waals surface area contributed by atoms with Crippen LogP contribution in [-0.2, 0) is 0 Å². The average molecular weight is 381 g/mol. The summed E-state index contributed by atoms with van der Waals surface area (Å²) in [6.07, 6.45) is 4.41. The van der Waals surface area contributed by atoms with Crippen LogP contribution in [0.2, 0.25) is 0 Å². The summed E-state index contributed by atoms with van der Waals surface area (Å²) in [6.45, 7) is 4.83. The average Bonchev–Trinajstić information content (AvgIpc) is 3.33. The van der Waals surface area contributed by atoms with Crippen molar-refractivity contribution < 1.29 is 18.8 Å². The van der Waals surface area contributed by atoms with Gasteiger partial charge in [-0.2, -0.15) is 0 Å². The molecule has 3 heterocycles. The highest BCUT2D eigenvalue weighted by Crippen LogP contribution is 2.36. The van der Waals surface area contributed by atoms with Gasteiger partial charge in [-0.15, -0.1) is 0 Å². The summed E-state index contributed by atoms with van der Waals surface area (Å²) >= 11 is 0. The Balaban J connectivity index is 1.65. The van der Waals surface area contributed by atoms with Crippen molar-refractivity contribution in [2.75, 3.05) is 13.3 Å². The molecule has 1 N–H and O–H groups in total. The predicted octanol–water partition coefficient (Wildman–Crippen LogP) is 4.24. The molecular formula is C21H23N3O4. The van der Waals surface area contributed by atoms with Crippen LogP contribution in [0.1, 0.15) is 48.7 Å². The molecule has 0 saturated carbocycles. The zero-order valence-corrected chi connectivity index (χ0v) is 16.1. The minimum atomic E-state index is -0.141. The minimum absolute atomic E-state index is 0.141. The Kier molecular flexibility index (Phi) is 5.14. The lowest BCUT2D eigenvalue weighted by Gasteiger charge is -2.09. The first-order valence-corrected chi connectivity index (χ1v) is 9.62. The number of aromatic nitrogens is 2. The van der Waals surface area contributed by atoms with E-state index in [1.165, 1.54) is 6.42 Å². The largest absolute Gasteiger partial charge is 0.454 e. The van der Waals surface area contributed by atoms with Gasteiger partial charge in [0.25, 0.3) is 11.6 Å². The van der Waals surface area contributed by atoms with Gasteiger partial charge < -0.3 is 19.3 Å². The van der Waals surface area contributed by atoms with Crippen LogP contribution in [0.4, 0.5) is 0 Å². The number of rotatable bonds is 7. The van der Waals surface area contributed by atoms with E-state index in [1.807, 2.05) is 25.1 Å². The number of fused-ring (bicyclic) bond motifs is 2. The van der Waals surface area contributed by atoms with E-state index in [4.69, 9.17) is 14.0 Å². The second-order valence-corrected chi connectivity index (χ2v) is 6.89. The van der Waals surface area contributed by atoms with Crippen molar-refractivity contribution in [3.05, 3.63) is 35.5 Å². The normalized spacial score (nSPS) is 12.5. The summed E-state index contributed by atoms with van der Waals surface area (Å²) in [6, 6.07) is 7.36. The van der Waals surface area contributed by atoms with Gasteiger partial charge in [0.05, 0.1) is 22.3 Å². The second kappa shape index (κ2) is 7.88. The molecular weight excluding hydrogens is 358 g/mol. The van der Waals surface area contributed by atoms with Crippen LogP contribution < -0.4 is 14.8 Å². The summed E-state index contributed by atoms with van der Waals surface area (Å²) in [5.74, 6) is 1.22. The molecule has 28 heavy (non-hydrogen) atoms. The third-order valence-electron chi connectivity index (χ3n) is 4.85. The van der Waals surface area contributed by atoms with Crippen molar-refractivity contribution in [3.63, 3.8) is 0 Å². The number of carbonyl (C=O) groups excluding carboxylic acids is 1. The summed E-state index contributed by atoms with van der Waals surface area (Å²) in [5.41, 5.74) is 2.96. The Hall–Kier alpha value is -3.09. The van der Waals surface area contributed by atoms with E-state index in [2.05, 4.69) is 22.4 Å². The van der Waals surface area contributed by atoms with E-state index in [0.29, 0.717) is 46.1 Å². The number of aryl methyl sites for hydroxylation is 1. The molecule has 0 aliphatic carbocycles. The Labute approximate surface area is 163 Å². The molecule has 7 heteroatoms. The van der Waals surface area contributed by atoms with E-state index >= 15 is 0 Å². The minimum Gasteiger partial charge on any atom is -0.454 e. The fourth-order valence-corrected chi connectivity index (χ4v) is 3.33. The van der Waals surface area contributed by atoms with E-state index in [0.717, 1.165) is 24.8 Å². The molecule has 0 unspecified atom stereocenters. The zero-order valence-electron chi connectivity index (χ0n) is 16.1. The quantitative estimate of drug-likeness (QED) is 0.616. The van der Waals surface area contributed by atoms with E-state index < -0.39 is 0 Å². The molecule has 1 aliphatic heterocycles. The van der Waals surface area contributed by atoms with Crippen molar-refractivity contribution in [3.8, 4) is 22.8 Å². The van der Waals surface area contributed by atoms with Gasteiger partial charge in [0.2, 0.25) is 6.79 Å². The summed E-state index contributed by atoms with van der Waals surface area (Å²) in [4.78, 5) is 17.4. The van der Waals surface area contributed by atoms with Crippen molar-refractivity contribution in [2.45, 2.75) is 39.5 Å². The molecule has 0 radical (unpaired) electrons. The van der Waals surface area contributed by atoms with Crippen LogP contribution in [0.25, 0.3) is 22.4 Å². The summed E-state index contributed by atoms with van der Waals surface area (Å²) in [7, 11) is 0. The summed E-state index contributed by atoms with van der Waals surface area (Å²) < 4.78 is 16.2. The van der Waals surface area contributed by atoms with Crippen LogP contribution in [-0.4, -0.2) is 29.4 Å². The topological polar surface area (TPSA) is 86.5 Å². The first-order chi connectivity index (χ1) is 13.7. The first-order valence-electron chi connectivity index (χ1n) is 9.62. The molecule has 1 aromatic carbocycles. The number of benzene rings is 1. The first kappa shape index (κ1) is 18.3. The lowest BCUT2D eigenvalue weighted by atomic mass is 10.0. The molecule has 0 fully saturated rings. The highest BCUT2D eigenvalue weighted by atomic mass is 16.7. The van der Waals surface area contributed by atoms with Crippen LogP contribution in [0.5, 0.6) is 11.5 Å². The highest BCUT2D eigenvalue weighted by Gasteiger charge is 2.20. The predicted molar refractivity (Wildman–Crippen MR) is 105 cm³/mol. The van der Waals surface area contributed by atoms with Gasteiger partial charge >= 0.3 is 0 Å². The monoisotopic (exact) mass is 381 g/mol. The fraction of sp³-hybridized carbons (Fsp3) is 0.381. The van der Waals surface area contributed by atoms with E-state index in [9.17, 15) is 4.79 Å². The lowest BCUT2D eigenvalue weighted by molar-refractivity contribution is 0.0954. The number of hydrogen-bond acceptors (Lipinski definition) is 6. The van der Waals surface area contributed by atoms with E-state index in [1.54, 1.807) is 6.07 Å². The standard InChI is InChI=1S/C21H23N3O4/c1-3-4-5-6-9-22-20(25)15-11-16(23-21-19(15)13(2)24-28-21)14-7-8-17-18(10-14)27-12-26-17/h7-8,10-11H,3-6,9,12H2,1-2H3,(H,22,25). The molecule has 7 nitrogen and oxygen atoms in total. The fourth-order valence-electron chi connectivity index (χ4n) is 3.33. The molecule has 0 spiro atoms. The molecule has 146 valence electrons. The Bertz CT molecular complexity index is 1010. The van der Waals surface area contributed by atoms with Gasteiger partial charge in [0.15, 0.2) is 11.5 Å². The number of pyridine rings is 1. The second-order valence-electron chi connectivity index (χ2n) is 6.89. The van der Waals surface area contributed by atoms with Gasteiger partial charge in [0.1, 0.15) is 0 Å². The molecule has 4 rings (SSSR count). The summed E-state index contributed by atoms with van der Waals surface area (Å²) in [5, 5.41) is 7.65. The van der Waals surface area contributed by atoms with Gasteiger partial charge in [-0.1, -0.05) is 31.3 Å². The van der Waals surface area contributed by atoms with Gasteiger partial charge in [-0.05, 0) is 37.6 Å². The number of ether oxygens (including phenoxy) is 2. The van der Waals surface area contributed by atoms with E-state index in [-0.39, 0.29) is 12.7 Å². The van der Waals surface area contributed by atoms with Crippen LogP contribution in [0.15, 0.2) is 28.8 Å². The van der Waals surface area contributed by atoms with Crippen LogP contribution in [0.3, 0.4) is 0 Å². The highest BCUT2D eigenvalue weighted by molar-refractivity contribution is 6.07. The smallest absolute Gasteiger partial charge is 0.259 e. The maximum absolute atomic E-state index is 12.9. The maximum atomic E-state index is 12.9. The SMILES string of the molecule is CCCCCCNC(=O)c1cc(-c2ccc3c(c2)OCO3)nc2onc(C)c12.